The first-order chi connectivity index (χ1) is 11.0. The third-order valence-electron chi connectivity index (χ3n) is 5.77. The maximum absolute atomic E-state index is 12.8. The summed E-state index contributed by atoms with van der Waals surface area (Å²) in [4.78, 5) is 15.2. The van der Waals surface area contributed by atoms with E-state index in [0.717, 1.165) is 18.5 Å². The number of likely N-dealkylation sites (tertiary alicyclic amines) is 1. The first-order valence-electron chi connectivity index (χ1n) is 8.42. The van der Waals surface area contributed by atoms with Crippen molar-refractivity contribution in [2.75, 3.05) is 13.6 Å². The van der Waals surface area contributed by atoms with Gasteiger partial charge in [0.05, 0.1) is 10.0 Å². The normalized spacial score (nSPS) is 24.1. The van der Waals surface area contributed by atoms with E-state index in [1.807, 2.05) is 6.92 Å². The Morgan fingerprint density at radius 3 is 2.65 bits per heavy atom. The van der Waals surface area contributed by atoms with Gasteiger partial charge in [-0.15, -0.1) is 0 Å². The van der Waals surface area contributed by atoms with Crippen LogP contribution in [0.3, 0.4) is 0 Å². The second-order valence-electron chi connectivity index (χ2n) is 6.93. The van der Waals surface area contributed by atoms with Crippen molar-refractivity contribution in [2.24, 2.45) is 0 Å². The molecule has 1 saturated heterocycles. The summed E-state index contributed by atoms with van der Waals surface area (Å²) in [7, 11) is 2.20. The molecule has 3 rings (SSSR count). The fraction of sp³-hybridized carbons (Fsp3) is 0.611. The van der Waals surface area contributed by atoms with E-state index in [2.05, 4.69) is 17.3 Å². The second kappa shape index (κ2) is 6.62. The molecule has 1 aliphatic heterocycles. The first kappa shape index (κ1) is 17.1. The molecule has 23 heavy (non-hydrogen) atoms. The number of hydrogen-bond acceptors (Lipinski definition) is 2. The van der Waals surface area contributed by atoms with E-state index in [1.54, 1.807) is 12.1 Å². The molecule has 1 heterocycles. The molecule has 0 radical (unpaired) electrons. The molecule has 1 N–H and O–H groups in total. The highest BCUT2D eigenvalue weighted by Crippen LogP contribution is 2.41. The Labute approximate surface area is 148 Å². The Kier molecular flexibility index (Phi) is 4.91. The van der Waals surface area contributed by atoms with Crippen molar-refractivity contribution >= 4 is 29.1 Å². The molecular weight excluding hydrogens is 331 g/mol. The Bertz CT molecular complexity index is 611. The summed E-state index contributed by atoms with van der Waals surface area (Å²) < 4.78 is 0. The van der Waals surface area contributed by atoms with Crippen molar-refractivity contribution < 1.29 is 4.79 Å². The van der Waals surface area contributed by atoms with Crippen LogP contribution in [0.1, 0.15) is 54.4 Å². The van der Waals surface area contributed by atoms with Crippen LogP contribution in [0, 0.1) is 6.92 Å². The van der Waals surface area contributed by atoms with Crippen LogP contribution in [0.2, 0.25) is 10.0 Å². The Balaban J connectivity index is 1.81. The maximum atomic E-state index is 12.8. The highest BCUT2D eigenvalue weighted by atomic mass is 35.5. The molecule has 0 aromatic heterocycles. The molecule has 1 spiro atoms. The molecule has 2 aliphatic rings. The zero-order valence-corrected chi connectivity index (χ0v) is 15.3. The number of carbonyl (C=O) groups excluding carboxylic acids is 1. The van der Waals surface area contributed by atoms with E-state index in [-0.39, 0.29) is 17.5 Å². The maximum Gasteiger partial charge on any atom is 0.251 e. The highest BCUT2D eigenvalue weighted by Gasteiger charge is 2.47. The van der Waals surface area contributed by atoms with Crippen molar-refractivity contribution in [3.05, 3.63) is 33.3 Å². The lowest BCUT2D eigenvalue weighted by molar-refractivity contribution is 0.0763. The fourth-order valence-electron chi connectivity index (χ4n) is 4.31. The lowest BCUT2D eigenvalue weighted by Gasteiger charge is -2.44. The molecule has 2 fully saturated rings. The van der Waals surface area contributed by atoms with Gasteiger partial charge in [0, 0.05) is 23.7 Å². The zero-order chi connectivity index (χ0) is 16.6. The third kappa shape index (κ3) is 2.99. The smallest absolute Gasteiger partial charge is 0.251 e. The molecule has 5 heteroatoms. The molecule has 126 valence electrons. The largest absolute Gasteiger partial charge is 0.347 e. The van der Waals surface area contributed by atoms with Crippen molar-refractivity contribution in [3.8, 4) is 0 Å². The van der Waals surface area contributed by atoms with Gasteiger partial charge in [-0.2, -0.15) is 0 Å². The Hall–Kier alpha value is -0.770. The summed E-state index contributed by atoms with van der Waals surface area (Å²) in [5.74, 6) is -0.0358. The molecular formula is C18H24Cl2N2O. The van der Waals surface area contributed by atoms with Crippen LogP contribution in [0.15, 0.2) is 12.1 Å². The summed E-state index contributed by atoms with van der Waals surface area (Å²) in [6.07, 6.45) is 7.18. The molecule has 1 atom stereocenters. The van der Waals surface area contributed by atoms with Gasteiger partial charge in [-0.25, -0.2) is 0 Å². The van der Waals surface area contributed by atoms with E-state index in [1.165, 1.54) is 32.1 Å². The topological polar surface area (TPSA) is 32.3 Å². The summed E-state index contributed by atoms with van der Waals surface area (Å²) in [6.45, 7) is 2.89. The molecule has 1 saturated carbocycles. The van der Waals surface area contributed by atoms with Gasteiger partial charge in [-0.1, -0.05) is 42.5 Å². The SMILES string of the molecule is Cc1c(C(=O)NC2CCN(C)C23CCCCC3)ccc(Cl)c1Cl. The average molecular weight is 355 g/mol. The second-order valence-corrected chi connectivity index (χ2v) is 7.72. The van der Waals surface area contributed by atoms with Crippen molar-refractivity contribution in [1.82, 2.24) is 10.2 Å². The predicted molar refractivity (Wildman–Crippen MR) is 95.5 cm³/mol. The number of likely N-dealkylation sites (N-methyl/N-ethyl adjacent to an activating group) is 1. The fourth-order valence-corrected chi connectivity index (χ4v) is 4.68. The van der Waals surface area contributed by atoms with Crippen LogP contribution in [0.5, 0.6) is 0 Å². The van der Waals surface area contributed by atoms with Gasteiger partial charge in [-0.3, -0.25) is 9.69 Å². The van der Waals surface area contributed by atoms with Gasteiger partial charge in [0.25, 0.3) is 5.91 Å². The third-order valence-corrected chi connectivity index (χ3v) is 6.67. The minimum absolute atomic E-state index is 0.0358. The minimum atomic E-state index is -0.0358. The van der Waals surface area contributed by atoms with Crippen molar-refractivity contribution in [3.63, 3.8) is 0 Å². The van der Waals surface area contributed by atoms with Gasteiger partial charge >= 0.3 is 0 Å². The standard InChI is InChI=1S/C18H24Cl2N2O/c1-12-13(6-7-14(19)16(12)20)17(23)21-15-8-11-22(2)18(15)9-4-3-5-10-18/h6-7,15H,3-5,8-11H2,1-2H3,(H,21,23). The quantitative estimate of drug-likeness (QED) is 0.851. The summed E-state index contributed by atoms with van der Waals surface area (Å²) in [6, 6.07) is 3.68. The molecule has 1 aromatic carbocycles. The monoisotopic (exact) mass is 354 g/mol. The van der Waals surface area contributed by atoms with Gasteiger partial charge in [0.2, 0.25) is 0 Å². The summed E-state index contributed by atoms with van der Waals surface area (Å²) in [5.41, 5.74) is 1.51. The number of hydrogen-bond donors (Lipinski definition) is 1. The number of amides is 1. The van der Waals surface area contributed by atoms with Crippen molar-refractivity contribution in [2.45, 2.75) is 57.0 Å². The number of nitrogens with one attached hydrogen (secondary N) is 1. The van der Waals surface area contributed by atoms with Gasteiger partial charge < -0.3 is 5.32 Å². The van der Waals surface area contributed by atoms with Crippen molar-refractivity contribution in [1.29, 1.82) is 0 Å². The molecule has 1 unspecified atom stereocenters. The Morgan fingerprint density at radius 1 is 1.26 bits per heavy atom. The summed E-state index contributed by atoms with van der Waals surface area (Å²) in [5, 5.41) is 4.25. The number of benzene rings is 1. The highest BCUT2D eigenvalue weighted by molar-refractivity contribution is 6.42. The zero-order valence-electron chi connectivity index (χ0n) is 13.8. The van der Waals surface area contributed by atoms with Crippen LogP contribution in [0.25, 0.3) is 0 Å². The van der Waals surface area contributed by atoms with Crippen LogP contribution in [-0.2, 0) is 0 Å². The van der Waals surface area contributed by atoms with Crippen LogP contribution in [-0.4, -0.2) is 36.0 Å². The molecule has 0 bridgehead atoms. The summed E-state index contributed by atoms with van der Waals surface area (Å²) >= 11 is 12.2. The lowest BCUT2D eigenvalue weighted by atomic mass is 9.77. The van der Waals surface area contributed by atoms with E-state index >= 15 is 0 Å². The van der Waals surface area contributed by atoms with Gasteiger partial charge in [0.15, 0.2) is 0 Å². The average Bonchev–Trinajstić information content (AvgIpc) is 2.83. The number of nitrogens with zero attached hydrogens (tertiary/aromatic N) is 1. The predicted octanol–water partition coefficient (Wildman–Crippen LogP) is 4.44. The molecule has 1 aromatic rings. The van der Waals surface area contributed by atoms with E-state index in [0.29, 0.717) is 15.6 Å². The van der Waals surface area contributed by atoms with Crippen LogP contribution in [0.4, 0.5) is 0 Å². The van der Waals surface area contributed by atoms with Crippen LogP contribution < -0.4 is 5.32 Å². The first-order valence-corrected chi connectivity index (χ1v) is 9.18. The Morgan fingerprint density at radius 2 is 1.96 bits per heavy atom. The van der Waals surface area contributed by atoms with E-state index in [4.69, 9.17) is 23.2 Å². The number of rotatable bonds is 2. The van der Waals surface area contributed by atoms with Gasteiger partial charge in [0.1, 0.15) is 0 Å². The van der Waals surface area contributed by atoms with Crippen LogP contribution >= 0.6 is 23.2 Å². The molecule has 1 aliphatic carbocycles. The van der Waals surface area contributed by atoms with Gasteiger partial charge in [-0.05, 0) is 50.9 Å². The van der Waals surface area contributed by atoms with E-state index < -0.39 is 0 Å². The lowest BCUT2D eigenvalue weighted by Crippen LogP contribution is -2.56. The van der Waals surface area contributed by atoms with E-state index in [9.17, 15) is 4.79 Å². The molecule has 3 nitrogen and oxygen atoms in total. The number of halogens is 2. The molecule has 1 amide bonds. The number of carbonyl (C=O) groups is 1. The minimum Gasteiger partial charge on any atom is -0.347 e.